The maximum atomic E-state index is 13.5. The molecular formula is C28H24ClF3N4O3. The van der Waals surface area contributed by atoms with Crippen LogP contribution in [0.15, 0.2) is 72.9 Å². The molecule has 2 aromatic heterocycles. The van der Waals surface area contributed by atoms with Crippen LogP contribution in [0.2, 0.25) is 5.02 Å². The van der Waals surface area contributed by atoms with Gasteiger partial charge in [0.25, 0.3) is 5.91 Å². The lowest BCUT2D eigenvalue weighted by molar-refractivity contribution is -0.274. The number of carbonyl (C=O) groups is 1. The van der Waals surface area contributed by atoms with E-state index in [0.717, 1.165) is 28.7 Å². The van der Waals surface area contributed by atoms with Crippen molar-refractivity contribution in [1.29, 1.82) is 0 Å². The van der Waals surface area contributed by atoms with Crippen LogP contribution in [0, 0.1) is 0 Å². The van der Waals surface area contributed by atoms with Gasteiger partial charge in [0, 0.05) is 42.0 Å². The zero-order valence-electron chi connectivity index (χ0n) is 20.6. The molecule has 4 aromatic rings. The minimum Gasteiger partial charge on any atom is -0.406 e. The van der Waals surface area contributed by atoms with Crippen LogP contribution < -0.4 is 4.74 Å². The van der Waals surface area contributed by atoms with Crippen LogP contribution in [0.1, 0.15) is 16.1 Å². The summed E-state index contributed by atoms with van der Waals surface area (Å²) < 4.78 is 50.0. The summed E-state index contributed by atoms with van der Waals surface area (Å²) >= 11 is 6.11. The highest BCUT2D eigenvalue weighted by atomic mass is 35.5. The number of pyridine rings is 1. The number of ether oxygens (including phenoxy) is 2. The SMILES string of the molecule is O=C(c1cccc(OC(F)(F)F)c1)N1C2COCC1CN(Cc1c(-c3ccc(Cl)cc3)nc3ccccn13)C2. The Morgan fingerprint density at radius 3 is 2.49 bits per heavy atom. The highest BCUT2D eigenvalue weighted by Gasteiger charge is 2.41. The zero-order chi connectivity index (χ0) is 27.1. The summed E-state index contributed by atoms with van der Waals surface area (Å²) in [6, 6.07) is 18.1. The number of rotatable bonds is 5. The van der Waals surface area contributed by atoms with Crippen LogP contribution in [0.25, 0.3) is 16.9 Å². The van der Waals surface area contributed by atoms with Crippen molar-refractivity contribution in [2.75, 3.05) is 26.3 Å². The number of nitrogens with zero attached hydrogens (tertiary/aromatic N) is 4. The number of morpholine rings is 1. The number of piperazine rings is 1. The number of fused-ring (bicyclic) bond motifs is 3. The molecule has 2 fully saturated rings. The molecule has 0 aliphatic carbocycles. The van der Waals surface area contributed by atoms with Gasteiger partial charge in [-0.05, 0) is 42.5 Å². The lowest BCUT2D eigenvalue weighted by Gasteiger charge is -2.49. The van der Waals surface area contributed by atoms with Crippen molar-refractivity contribution >= 4 is 23.2 Å². The van der Waals surface area contributed by atoms with Gasteiger partial charge < -0.3 is 18.8 Å². The Morgan fingerprint density at radius 2 is 1.77 bits per heavy atom. The molecule has 0 radical (unpaired) electrons. The van der Waals surface area contributed by atoms with Gasteiger partial charge >= 0.3 is 6.36 Å². The number of aromatic nitrogens is 2. The average Bonchev–Trinajstić information content (AvgIpc) is 3.25. The molecule has 2 atom stereocenters. The smallest absolute Gasteiger partial charge is 0.406 e. The van der Waals surface area contributed by atoms with Gasteiger partial charge in [0.05, 0.1) is 36.7 Å². The monoisotopic (exact) mass is 556 g/mol. The third-order valence-corrected chi connectivity index (χ3v) is 7.27. The second-order valence-electron chi connectivity index (χ2n) is 9.67. The summed E-state index contributed by atoms with van der Waals surface area (Å²) in [6.07, 6.45) is -2.85. The van der Waals surface area contributed by atoms with Crippen molar-refractivity contribution in [2.45, 2.75) is 25.0 Å². The van der Waals surface area contributed by atoms with Crippen LogP contribution in [-0.2, 0) is 11.3 Å². The van der Waals surface area contributed by atoms with Crippen LogP contribution >= 0.6 is 11.6 Å². The number of alkyl halides is 3. The first-order valence-electron chi connectivity index (χ1n) is 12.5. The molecule has 6 rings (SSSR count). The second kappa shape index (κ2) is 10.2. The van der Waals surface area contributed by atoms with Crippen molar-refractivity contribution in [3.63, 3.8) is 0 Å². The van der Waals surface area contributed by atoms with Crippen molar-refractivity contribution in [3.05, 3.63) is 89.2 Å². The van der Waals surface area contributed by atoms with E-state index in [1.807, 2.05) is 48.7 Å². The number of halogens is 4. The Hall–Kier alpha value is -3.60. The predicted molar refractivity (Wildman–Crippen MR) is 139 cm³/mol. The van der Waals surface area contributed by atoms with E-state index in [9.17, 15) is 18.0 Å². The molecule has 0 saturated carbocycles. The average molecular weight is 557 g/mol. The Morgan fingerprint density at radius 1 is 1.03 bits per heavy atom. The predicted octanol–water partition coefficient (Wildman–Crippen LogP) is 5.28. The molecule has 2 unspecified atom stereocenters. The van der Waals surface area contributed by atoms with E-state index in [1.54, 1.807) is 4.90 Å². The Kier molecular flexibility index (Phi) is 6.70. The molecular weight excluding hydrogens is 533 g/mol. The van der Waals surface area contributed by atoms with Crippen molar-refractivity contribution in [3.8, 4) is 17.0 Å². The summed E-state index contributed by atoms with van der Waals surface area (Å²) in [5, 5.41) is 0.646. The number of imidazole rings is 1. The molecule has 7 nitrogen and oxygen atoms in total. The quantitative estimate of drug-likeness (QED) is 0.335. The summed E-state index contributed by atoms with van der Waals surface area (Å²) in [5.74, 6) is -0.757. The molecule has 2 saturated heterocycles. The number of carbonyl (C=O) groups excluding carboxylic acids is 1. The van der Waals surface area contributed by atoms with Crippen LogP contribution in [0.3, 0.4) is 0 Å². The van der Waals surface area contributed by atoms with Crippen LogP contribution in [-0.4, -0.2) is 69.8 Å². The number of benzene rings is 2. The highest BCUT2D eigenvalue weighted by molar-refractivity contribution is 6.30. The van der Waals surface area contributed by atoms with Crippen molar-refractivity contribution < 1.29 is 27.4 Å². The number of hydrogen-bond acceptors (Lipinski definition) is 5. The lowest BCUT2D eigenvalue weighted by Crippen LogP contribution is -2.65. The van der Waals surface area contributed by atoms with Gasteiger partial charge in [0.2, 0.25) is 0 Å². The molecule has 0 spiro atoms. The third kappa shape index (κ3) is 5.32. The molecule has 2 aromatic carbocycles. The summed E-state index contributed by atoms with van der Waals surface area (Å²) in [5.41, 5.74) is 3.81. The van der Waals surface area contributed by atoms with Crippen molar-refractivity contribution in [1.82, 2.24) is 19.2 Å². The maximum absolute atomic E-state index is 13.5. The van der Waals surface area contributed by atoms with Gasteiger partial charge in [-0.15, -0.1) is 13.2 Å². The fraction of sp³-hybridized carbons (Fsp3) is 0.286. The first-order valence-corrected chi connectivity index (χ1v) is 12.8. The van der Waals surface area contributed by atoms with Crippen molar-refractivity contribution in [2.24, 2.45) is 0 Å². The molecule has 39 heavy (non-hydrogen) atoms. The lowest BCUT2D eigenvalue weighted by atomic mass is 10.0. The fourth-order valence-corrected chi connectivity index (χ4v) is 5.56. The number of amides is 1. The first-order chi connectivity index (χ1) is 18.7. The topological polar surface area (TPSA) is 59.3 Å². The summed E-state index contributed by atoms with van der Waals surface area (Å²) in [4.78, 5) is 22.4. The van der Waals surface area contributed by atoms with E-state index in [2.05, 4.69) is 14.0 Å². The van der Waals surface area contributed by atoms with Gasteiger partial charge in [0.1, 0.15) is 11.4 Å². The van der Waals surface area contributed by atoms with E-state index in [-0.39, 0.29) is 23.6 Å². The standard InChI is InChI=1S/C28H24ClF3N4O3/c29-20-9-7-18(8-10-20)26-24(35-11-2-1-6-25(35)33-26)15-34-13-21-16-38-17-22(14-34)36(21)27(37)19-4-3-5-23(12-19)39-28(30,31)32/h1-12,21-22H,13-17H2. The normalized spacial score (nSPS) is 19.8. The molecule has 11 heteroatoms. The minimum absolute atomic E-state index is 0.147. The van der Waals surface area contributed by atoms with Crippen LogP contribution in [0.4, 0.5) is 13.2 Å². The summed E-state index contributed by atoms with van der Waals surface area (Å²) in [6.45, 7) is 2.36. The zero-order valence-corrected chi connectivity index (χ0v) is 21.4. The van der Waals surface area contributed by atoms with E-state index in [4.69, 9.17) is 21.3 Å². The molecule has 202 valence electrons. The third-order valence-electron chi connectivity index (χ3n) is 7.01. The molecule has 0 N–H and O–H groups in total. The Bertz CT molecular complexity index is 1490. The van der Waals surface area contributed by atoms with E-state index in [1.165, 1.54) is 18.2 Å². The van der Waals surface area contributed by atoms with Gasteiger partial charge in [0.15, 0.2) is 0 Å². The van der Waals surface area contributed by atoms with Gasteiger partial charge in [-0.2, -0.15) is 0 Å². The molecule has 1 amide bonds. The number of hydrogen-bond donors (Lipinski definition) is 0. The molecule has 2 aliphatic rings. The summed E-state index contributed by atoms with van der Waals surface area (Å²) in [7, 11) is 0. The highest BCUT2D eigenvalue weighted by Crippen LogP contribution is 2.31. The molecule has 2 bridgehead atoms. The van der Waals surface area contributed by atoms with E-state index >= 15 is 0 Å². The Balaban J connectivity index is 1.25. The second-order valence-corrected chi connectivity index (χ2v) is 10.1. The van der Waals surface area contributed by atoms with Crippen LogP contribution in [0.5, 0.6) is 5.75 Å². The van der Waals surface area contributed by atoms with E-state index in [0.29, 0.717) is 37.9 Å². The molecule has 4 heterocycles. The molecule has 2 aliphatic heterocycles. The largest absolute Gasteiger partial charge is 0.573 e. The minimum atomic E-state index is -4.83. The van der Waals surface area contributed by atoms with Gasteiger partial charge in [-0.25, -0.2) is 4.98 Å². The maximum Gasteiger partial charge on any atom is 0.573 e. The van der Waals surface area contributed by atoms with Gasteiger partial charge in [-0.1, -0.05) is 35.9 Å². The first kappa shape index (κ1) is 25.7. The van der Waals surface area contributed by atoms with E-state index < -0.39 is 12.1 Å². The fourth-order valence-electron chi connectivity index (χ4n) is 5.44. The van der Waals surface area contributed by atoms with Gasteiger partial charge in [-0.3, -0.25) is 9.69 Å². The Labute approximate surface area is 227 Å².